The first-order valence-corrected chi connectivity index (χ1v) is 4.15. The summed E-state index contributed by atoms with van der Waals surface area (Å²) in [5.74, 6) is 0. The van der Waals surface area contributed by atoms with E-state index in [1.165, 1.54) is 0 Å². The molecule has 3 heteroatoms. The van der Waals surface area contributed by atoms with Crippen molar-refractivity contribution in [3.8, 4) is 0 Å². The van der Waals surface area contributed by atoms with E-state index in [9.17, 15) is 0 Å². The molecule has 1 unspecified atom stereocenters. The van der Waals surface area contributed by atoms with Crippen LogP contribution in [0.4, 0.5) is 0 Å². The summed E-state index contributed by atoms with van der Waals surface area (Å²) in [6, 6.07) is 0.499. The topological polar surface area (TPSA) is 21.1 Å². The van der Waals surface area contributed by atoms with Gasteiger partial charge in [-0.2, -0.15) is 0 Å². The van der Waals surface area contributed by atoms with E-state index in [2.05, 4.69) is 35.5 Å². The molecule has 1 radical (unpaired) electrons. The third-order valence-corrected chi connectivity index (χ3v) is 2.04. The van der Waals surface area contributed by atoms with Gasteiger partial charge < -0.3 is 9.47 Å². The average Bonchev–Trinajstić information content (AvgIpc) is 2.51. The lowest BCUT2D eigenvalue weighted by atomic mass is 10.2. The van der Waals surface area contributed by atoms with E-state index in [-0.39, 0.29) is 0 Å². The minimum Gasteiger partial charge on any atom is -0.336 e. The first-order chi connectivity index (χ1) is 5.74. The molecule has 12 heavy (non-hydrogen) atoms. The number of imidazole rings is 1. The number of hydrogen-bond acceptors (Lipinski definition) is 2. The predicted molar refractivity (Wildman–Crippen MR) is 49.7 cm³/mol. The zero-order chi connectivity index (χ0) is 8.97. The molecular formula is C9H16N3. The Bertz CT molecular complexity index is 204. The van der Waals surface area contributed by atoms with Crippen molar-refractivity contribution < 1.29 is 0 Å². The molecule has 1 rings (SSSR count). The Kier molecular flexibility index (Phi) is 3.29. The zero-order valence-electron chi connectivity index (χ0n) is 7.77. The van der Waals surface area contributed by atoms with E-state index in [0.29, 0.717) is 6.04 Å². The van der Waals surface area contributed by atoms with Crippen molar-refractivity contribution in [2.75, 3.05) is 14.1 Å². The fourth-order valence-corrected chi connectivity index (χ4v) is 1.15. The van der Waals surface area contributed by atoms with E-state index < -0.39 is 0 Å². The second-order valence-corrected chi connectivity index (χ2v) is 3.17. The Hall–Kier alpha value is -0.830. The zero-order valence-corrected chi connectivity index (χ0v) is 7.77. The normalized spacial score (nSPS) is 13.7. The summed E-state index contributed by atoms with van der Waals surface area (Å²) in [6.45, 7) is 4.88. The molecule has 1 atom stereocenters. The first kappa shape index (κ1) is 9.26. The van der Waals surface area contributed by atoms with E-state index in [1.54, 1.807) is 6.20 Å². The summed E-state index contributed by atoms with van der Waals surface area (Å²) in [6.07, 6.45) is 6.54. The average molecular weight is 166 g/mol. The summed E-state index contributed by atoms with van der Waals surface area (Å²) in [5.41, 5.74) is 0. The minimum absolute atomic E-state index is 0.499. The standard InChI is InChI=1S/C9H16N3/c1-4-9(11(2)3)7-12-6-5-10-8-12/h5-6,8-9H,1,4,7H2,2-3H3. The maximum absolute atomic E-state index is 3.99. The van der Waals surface area contributed by atoms with Crippen LogP contribution in [-0.2, 0) is 6.54 Å². The summed E-state index contributed by atoms with van der Waals surface area (Å²) < 4.78 is 2.08. The molecule has 0 amide bonds. The highest BCUT2D eigenvalue weighted by Crippen LogP contribution is 2.02. The van der Waals surface area contributed by atoms with Crippen molar-refractivity contribution in [1.29, 1.82) is 0 Å². The molecule has 0 N–H and O–H groups in total. The lowest BCUT2D eigenvalue weighted by Crippen LogP contribution is -2.31. The highest BCUT2D eigenvalue weighted by atomic mass is 15.1. The molecule has 1 heterocycles. The number of rotatable bonds is 4. The molecule has 0 aliphatic carbocycles. The quantitative estimate of drug-likeness (QED) is 0.666. The maximum Gasteiger partial charge on any atom is 0.0946 e. The fourth-order valence-electron chi connectivity index (χ4n) is 1.15. The molecule has 0 fully saturated rings. The maximum atomic E-state index is 3.99. The van der Waals surface area contributed by atoms with Gasteiger partial charge in [-0.05, 0) is 20.5 Å². The van der Waals surface area contributed by atoms with E-state index >= 15 is 0 Å². The van der Waals surface area contributed by atoms with Crippen LogP contribution in [0.2, 0.25) is 0 Å². The predicted octanol–water partition coefficient (Wildman–Crippen LogP) is 1.04. The molecule has 0 aliphatic heterocycles. The summed E-state index contributed by atoms with van der Waals surface area (Å²) in [7, 11) is 4.15. The van der Waals surface area contributed by atoms with Crippen LogP contribution >= 0.6 is 0 Å². The lowest BCUT2D eigenvalue weighted by Gasteiger charge is -2.22. The molecule has 0 bridgehead atoms. The van der Waals surface area contributed by atoms with Gasteiger partial charge in [-0.3, -0.25) is 0 Å². The molecular weight excluding hydrogens is 150 g/mol. The Labute approximate surface area is 74.0 Å². The number of aromatic nitrogens is 2. The van der Waals surface area contributed by atoms with Crippen LogP contribution in [0.5, 0.6) is 0 Å². The van der Waals surface area contributed by atoms with Crippen molar-refractivity contribution in [3.63, 3.8) is 0 Å². The monoisotopic (exact) mass is 166 g/mol. The molecule has 0 saturated heterocycles. The Morgan fingerprint density at radius 1 is 1.58 bits per heavy atom. The van der Waals surface area contributed by atoms with Gasteiger partial charge in [0.15, 0.2) is 0 Å². The van der Waals surface area contributed by atoms with Gasteiger partial charge >= 0.3 is 0 Å². The second-order valence-electron chi connectivity index (χ2n) is 3.17. The Balaban J connectivity index is 2.48. The van der Waals surface area contributed by atoms with Crippen LogP contribution in [0.25, 0.3) is 0 Å². The van der Waals surface area contributed by atoms with Crippen LogP contribution in [0.3, 0.4) is 0 Å². The molecule has 0 spiro atoms. The third-order valence-electron chi connectivity index (χ3n) is 2.04. The van der Waals surface area contributed by atoms with Crippen molar-refractivity contribution in [2.24, 2.45) is 0 Å². The number of nitrogens with zero attached hydrogens (tertiary/aromatic N) is 3. The Morgan fingerprint density at radius 3 is 2.75 bits per heavy atom. The van der Waals surface area contributed by atoms with Gasteiger partial charge in [0.25, 0.3) is 0 Å². The highest BCUT2D eigenvalue weighted by Gasteiger charge is 2.08. The van der Waals surface area contributed by atoms with Gasteiger partial charge in [0.1, 0.15) is 0 Å². The summed E-state index contributed by atoms with van der Waals surface area (Å²) in [5, 5.41) is 0. The van der Waals surface area contributed by atoms with E-state index in [4.69, 9.17) is 0 Å². The van der Waals surface area contributed by atoms with Crippen LogP contribution in [0.15, 0.2) is 18.7 Å². The van der Waals surface area contributed by atoms with Crippen LogP contribution < -0.4 is 0 Å². The van der Waals surface area contributed by atoms with Crippen molar-refractivity contribution in [1.82, 2.24) is 14.5 Å². The van der Waals surface area contributed by atoms with Gasteiger partial charge in [-0.15, -0.1) is 0 Å². The van der Waals surface area contributed by atoms with Gasteiger partial charge in [-0.25, -0.2) is 4.98 Å². The first-order valence-electron chi connectivity index (χ1n) is 4.15. The van der Waals surface area contributed by atoms with Crippen LogP contribution in [0, 0.1) is 6.92 Å². The fraction of sp³-hybridized carbons (Fsp3) is 0.556. The third kappa shape index (κ3) is 2.34. The number of hydrogen-bond donors (Lipinski definition) is 0. The molecule has 1 aromatic heterocycles. The van der Waals surface area contributed by atoms with Gasteiger partial charge in [-0.1, -0.05) is 6.92 Å². The largest absolute Gasteiger partial charge is 0.336 e. The summed E-state index contributed by atoms with van der Waals surface area (Å²) >= 11 is 0. The molecule has 0 aliphatic rings. The smallest absolute Gasteiger partial charge is 0.0946 e. The molecule has 3 nitrogen and oxygen atoms in total. The summed E-state index contributed by atoms with van der Waals surface area (Å²) in [4.78, 5) is 6.18. The van der Waals surface area contributed by atoms with Crippen molar-refractivity contribution >= 4 is 0 Å². The second kappa shape index (κ2) is 4.26. The van der Waals surface area contributed by atoms with Gasteiger partial charge in [0.05, 0.1) is 6.33 Å². The van der Waals surface area contributed by atoms with E-state index in [0.717, 1.165) is 13.0 Å². The molecule has 67 valence electrons. The molecule has 0 saturated carbocycles. The van der Waals surface area contributed by atoms with Crippen LogP contribution in [0.1, 0.15) is 6.42 Å². The Morgan fingerprint density at radius 2 is 2.33 bits per heavy atom. The molecule has 0 aromatic carbocycles. The van der Waals surface area contributed by atoms with Crippen LogP contribution in [-0.4, -0.2) is 34.6 Å². The SMILES string of the molecule is [CH2]CC(Cn1ccnc1)N(C)C. The van der Waals surface area contributed by atoms with E-state index in [1.807, 2.05) is 12.5 Å². The van der Waals surface area contributed by atoms with Crippen molar-refractivity contribution in [3.05, 3.63) is 25.6 Å². The van der Waals surface area contributed by atoms with Crippen molar-refractivity contribution in [2.45, 2.75) is 19.0 Å². The number of likely N-dealkylation sites (N-methyl/N-ethyl adjacent to an activating group) is 1. The minimum atomic E-state index is 0.499. The van der Waals surface area contributed by atoms with Gasteiger partial charge in [0.2, 0.25) is 0 Å². The lowest BCUT2D eigenvalue weighted by molar-refractivity contribution is 0.265. The van der Waals surface area contributed by atoms with Gasteiger partial charge in [0, 0.05) is 25.0 Å². The highest BCUT2D eigenvalue weighted by molar-refractivity contribution is 4.78. The molecule has 1 aromatic rings.